The Morgan fingerprint density at radius 2 is 2.03 bits per heavy atom. The zero-order chi connectivity index (χ0) is 20.0. The second kappa shape index (κ2) is 7.19. The van der Waals surface area contributed by atoms with Gasteiger partial charge in [0.15, 0.2) is 0 Å². The summed E-state index contributed by atoms with van der Waals surface area (Å²) in [5, 5.41) is 0. The summed E-state index contributed by atoms with van der Waals surface area (Å²) in [6.07, 6.45) is 6.20. The molecule has 6 heteroatoms. The van der Waals surface area contributed by atoms with Gasteiger partial charge in [0.1, 0.15) is 18.0 Å². The number of aryl methyl sites for hydroxylation is 1. The standard InChI is InChI=1S/C23H26N4O2/c1-15-3-2-10-26-12-18(25-22(15)26)14-29-19-7-4-16(5-8-19)23(28)27-11-17-6-9-21(24)20(17)13-27/h2-5,7-8,10,12,17,20-21H,6,9,11,13-14,24H2,1H3. The molecule has 3 unspecified atom stereocenters. The van der Waals surface area contributed by atoms with Crippen molar-refractivity contribution in [2.45, 2.75) is 32.4 Å². The lowest BCUT2D eigenvalue weighted by molar-refractivity contribution is 0.0779. The van der Waals surface area contributed by atoms with E-state index in [0.717, 1.165) is 48.6 Å². The molecule has 3 aromatic rings. The van der Waals surface area contributed by atoms with E-state index in [4.69, 9.17) is 10.5 Å². The summed E-state index contributed by atoms with van der Waals surface area (Å²) in [6.45, 7) is 4.06. The van der Waals surface area contributed by atoms with Gasteiger partial charge in [-0.2, -0.15) is 0 Å². The minimum Gasteiger partial charge on any atom is -0.487 e. The molecular weight excluding hydrogens is 364 g/mol. The average Bonchev–Trinajstić information content (AvgIpc) is 3.43. The normalized spacial score (nSPS) is 23.5. The molecule has 2 aromatic heterocycles. The fraction of sp³-hybridized carbons (Fsp3) is 0.391. The van der Waals surface area contributed by atoms with Crippen LogP contribution in [0.3, 0.4) is 0 Å². The lowest BCUT2D eigenvalue weighted by atomic mass is 9.98. The van der Waals surface area contributed by atoms with Crippen molar-refractivity contribution in [2.75, 3.05) is 13.1 Å². The molecule has 2 aliphatic rings. The fourth-order valence-corrected chi connectivity index (χ4v) is 4.78. The van der Waals surface area contributed by atoms with Gasteiger partial charge in [-0.25, -0.2) is 4.98 Å². The van der Waals surface area contributed by atoms with E-state index in [0.29, 0.717) is 24.0 Å². The summed E-state index contributed by atoms with van der Waals surface area (Å²) < 4.78 is 7.89. The molecule has 0 radical (unpaired) electrons. The first-order valence-electron chi connectivity index (χ1n) is 10.3. The van der Waals surface area contributed by atoms with Crippen molar-refractivity contribution in [3.05, 3.63) is 65.6 Å². The number of rotatable bonds is 4. The van der Waals surface area contributed by atoms with Crippen molar-refractivity contribution in [1.29, 1.82) is 0 Å². The summed E-state index contributed by atoms with van der Waals surface area (Å²) >= 11 is 0. The number of ether oxygens (including phenoxy) is 1. The number of fused-ring (bicyclic) bond motifs is 2. The highest BCUT2D eigenvalue weighted by Crippen LogP contribution is 2.37. The van der Waals surface area contributed by atoms with E-state index in [2.05, 4.69) is 4.98 Å². The molecule has 6 nitrogen and oxygen atoms in total. The second-order valence-corrected chi connectivity index (χ2v) is 8.34. The first-order valence-corrected chi connectivity index (χ1v) is 10.3. The smallest absolute Gasteiger partial charge is 0.253 e. The van der Waals surface area contributed by atoms with Crippen molar-refractivity contribution < 1.29 is 9.53 Å². The number of likely N-dealkylation sites (tertiary alicyclic amines) is 1. The van der Waals surface area contributed by atoms with Gasteiger partial charge in [-0.1, -0.05) is 6.07 Å². The van der Waals surface area contributed by atoms with Crippen LogP contribution in [-0.2, 0) is 6.61 Å². The van der Waals surface area contributed by atoms with Crippen LogP contribution in [0.5, 0.6) is 5.75 Å². The number of imidazole rings is 1. The van der Waals surface area contributed by atoms with Crippen LogP contribution in [-0.4, -0.2) is 39.3 Å². The number of benzene rings is 1. The Morgan fingerprint density at radius 1 is 1.21 bits per heavy atom. The van der Waals surface area contributed by atoms with Crippen LogP contribution in [0.2, 0.25) is 0 Å². The Kier molecular flexibility index (Phi) is 4.51. The molecule has 29 heavy (non-hydrogen) atoms. The van der Waals surface area contributed by atoms with Gasteiger partial charge >= 0.3 is 0 Å². The molecular formula is C23H26N4O2. The summed E-state index contributed by atoms with van der Waals surface area (Å²) in [6, 6.07) is 11.7. The van der Waals surface area contributed by atoms with E-state index >= 15 is 0 Å². The number of nitrogens with zero attached hydrogens (tertiary/aromatic N) is 3. The fourth-order valence-electron chi connectivity index (χ4n) is 4.78. The van der Waals surface area contributed by atoms with Gasteiger partial charge in [0, 0.05) is 37.1 Å². The Labute approximate surface area is 170 Å². The van der Waals surface area contributed by atoms with Crippen molar-refractivity contribution in [3.63, 3.8) is 0 Å². The molecule has 0 bridgehead atoms. The van der Waals surface area contributed by atoms with Crippen molar-refractivity contribution >= 4 is 11.6 Å². The monoisotopic (exact) mass is 390 g/mol. The van der Waals surface area contributed by atoms with Gasteiger partial charge in [0.25, 0.3) is 5.91 Å². The molecule has 5 rings (SSSR count). The number of amides is 1. The quantitative estimate of drug-likeness (QED) is 0.743. The third kappa shape index (κ3) is 3.38. The molecule has 1 aliphatic heterocycles. The molecule has 1 aromatic carbocycles. The maximum Gasteiger partial charge on any atom is 0.253 e. The van der Waals surface area contributed by atoms with E-state index in [1.165, 1.54) is 0 Å². The zero-order valence-electron chi connectivity index (χ0n) is 16.6. The van der Waals surface area contributed by atoms with Crippen LogP contribution in [0.15, 0.2) is 48.8 Å². The molecule has 0 spiro atoms. The highest BCUT2D eigenvalue weighted by atomic mass is 16.5. The van der Waals surface area contributed by atoms with Crippen molar-refractivity contribution in [3.8, 4) is 5.75 Å². The highest BCUT2D eigenvalue weighted by molar-refractivity contribution is 5.94. The molecule has 1 saturated heterocycles. The van der Waals surface area contributed by atoms with Gasteiger partial charge < -0.3 is 19.8 Å². The van der Waals surface area contributed by atoms with Crippen molar-refractivity contribution in [1.82, 2.24) is 14.3 Å². The Morgan fingerprint density at radius 3 is 2.79 bits per heavy atom. The summed E-state index contributed by atoms with van der Waals surface area (Å²) in [4.78, 5) is 19.4. The SMILES string of the molecule is Cc1cccn2cc(COc3ccc(C(=O)N4CC5CCC(N)C5C4)cc3)nc12. The Hall–Kier alpha value is -2.86. The van der Waals surface area contributed by atoms with Crippen LogP contribution in [0, 0.1) is 18.8 Å². The number of carbonyl (C=O) groups excluding carboxylic acids is 1. The third-order valence-electron chi connectivity index (χ3n) is 6.42. The van der Waals surface area contributed by atoms with Gasteiger partial charge in [-0.3, -0.25) is 4.79 Å². The minimum absolute atomic E-state index is 0.0916. The second-order valence-electron chi connectivity index (χ2n) is 8.34. The average molecular weight is 390 g/mol. The molecule has 2 fully saturated rings. The van der Waals surface area contributed by atoms with Crippen molar-refractivity contribution in [2.24, 2.45) is 17.6 Å². The number of hydrogen-bond acceptors (Lipinski definition) is 4. The molecule has 1 saturated carbocycles. The van der Waals surface area contributed by atoms with E-state index < -0.39 is 0 Å². The topological polar surface area (TPSA) is 72.9 Å². The van der Waals surface area contributed by atoms with E-state index in [-0.39, 0.29) is 11.9 Å². The van der Waals surface area contributed by atoms with Gasteiger partial charge in [-0.15, -0.1) is 0 Å². The van der Waals surface area contributed by atoms with E-state index in [1.807, 2.05) is 65.0 Å². The Balaban J connectivity index is 1.22. The lowest BCUT2D eigenvalue weighted by Crippen LogP contribution is -2.33. The third-order valence-corrected chi connectivity index (χ3v) is 6.42. The summed E-state index contributed by atoms with van der Waals surface area (Å²) in [5.41, 5.74) is 9.85. The number of pyridine rings is 1. The summed E-state index contributed by atoms with van der Waals surface area (Å²) in [7, 11) is 0. The molecule has 2 N–H and O–H groups in total. The van der Waals surface area contributed by atoms with Crippen LogP contribution in [0.1, 0.15) is 34.5 Å². The van der Waals surface area contributed by atoms with Crippen LogP contribution >= 0.6 is 0 Å². The van der Waals surface area contributed by atoms with Crippen LogP contribution < -0.4 is 10.5 Å². The van der Waals surface area contributed by atoms with Crippen LogP contribution in [0.4, 0.5) is 0 Å². The van der Waals surface area contributed by atoms with E-state index in [1.54, 1.807) is 0 Å². The molecule has 3 atom stereocenters. The van der Waals surface area contributed by atoms with Gasteiger partial charge in [-0.05, 0) is 67.5 Å². The highest BCUT2D eigenvalue weighted by Gasteiger charge is 2.42. The Bertz CT molecular complexity index is 1040. The van der Waals surface area contributed by atoms with Gasteiger partial charge in [0.05, 0.1) is 5.69 Å². The zero-order valence-corrected chi connectivity index (χ0v) is 16.6. The maximum absolute atomic E-state index is 12.8. The first kappa shape index (κ1) is 18.2. The largest absolute Gasteiger partial charge is 0.487 e. The first-order chi connectivity index (χ1) is 14.1. The van der Waals surface area contributed by atoms with E-state index in [9.17, 15) is 4.79 Å². The number of carbonyl (C=O) groups is 1. The predicted octanol–water partition coefficient (Wildman–Crippen LogP) is 3.03. The number of aromatic nitrogens is 2. The minimum atomic E-state index is 0.0916. The number of hydrogen-bond donors (Lipinski definition) is 1. The molecule has 150 valence electrons. The van der Waals surface area contributed by atoms with Crippen LogP contribution in [0.25, 0.3) is 5.65 Å². The molecule has 1 amide bonds. The lowest BCUT2D eigenvalue weighted by Gasteiger charge is -2.19. The maximum atomic E-state index is 12.8. The molecule has 3 heterocycles. The predicted molar refractivity (Wildman–Crippen MR) is 111 cm³/mol. The van der Waals surface area contributed by atoms with Gasteiger partial charge in [0.2, 0.25) is 0 Å². The summed E-state index contributed by atoms with van der Waals surface area (Å²) in [5.74, 6) is 1.87. The number of nitrogens with two attached hydrogens (primary N) is 1. The molecule has 1 aliphatic carbocycles.